The minimum Gasteiger partial charge on any atom is -0.349 e. The number of benzene rings is 1. The average molecular weight is 380 g/mol. The zero-order valence-corrected chi connectivity index (χ0v) is 16.9. The van der Waals surface area contributed by atoms with Crippen LogP contribution in [0.3, 0.4) is 0 Å². The van der Waals surface area contributed by atoms with E-state index in [4.69, 9.17) is 0 Å². The molecule has 1 saturated carbocycles. The number of pyridine rings is 1. The van der Waals surface area contributed by atoms with E-state index in [1.54, 1.807) is 13.0 Å². The van der Waals surface area contributed by atoms with Gasteiger partial charge in [-0.1, -0.05) is 20.8 Å². The molecule has 0 spiro atoms. The van der Waals surface area contributed by atoms with Crippen molar-refractivity contribution in [1.82, 2.24) is 19.9 Å². The maximum Gasteiger partial charge on any atom is 0.251 e. The Balaban J connectivity index is 1.84. The first kappa shape index (κ1) is 18.6. The molecule has 2 aromatic heterocycles. The van der Waals surface area contributed by atoms with Crippen LogP contribution in [0.1, 0.15) is 60.9 Å². The van der Waals surface area contributed by atoms with Crippen molar-refractivity contribution in [2.24, 2.45) is 0 Å². The lowest BCUT2D eigenvalue weighted by Gasteiger charge is -2.17. The summed E-state index contributed by atoms with van der Waals surface area (Å²) in [6, 6.07) is 5.27. The second-order valence-corrected chi connectivity index (χ2v) is 8.70. The van der Waals surface area contributed by atoms with Crippen LogP contribution in [0.25, 0.3) is 16.8 Å². The van der Waals surface area contributed by atoms with Crippen molar-refractivity contribution in [1.29, 1.82) is 0 Å². The molecule has 2 heterocycles. The Labute approximate surface area is 164 Å². The molecule has 1 aromatic carbocycles. The molecule has 0 radical (unpaired) electrons. The standard InChI is InChI=1S/C22H25FN4O/c1-12-17(10-14(11-18(12)23)20(28)24-15-6-7-15)16-8-9-27-19(13(16)2)25-26-21(27)22(3,4)5/h8-11,15H,6-7H2,1-5H3,(H,24,28). The van der Waals surface area contributed by atoms with E-state index >= 15 is 0 Å². The van der Waals surface area contributed by atoms with Crippen molar-refractivity contribution in [3.05, 3.63) is 52.7 Å². The lowest BCUT2D eigenvalue weighted by Crippen LogP contribution is -2.25. The zero-order valence-electron chi connectivity index (χ0n) is 16.9. The highest BCUT2D eigenvalue weighted by molar-refractivity contribution is 5.96. The summed E-state index contributed by atoms with van der Waals surface area (Å²) in [5.74, 6) is 0.269. The van der Waals surface area contributed by atoms with E-state index in [1.807, 2.05) is 23.6 Å². The summed E-state index contributed by atoms with van der Waals surface area (Å²) < 4.78 is 16.6. The number of carbonyl (C=O) groups is 1. The van der Waals surface area contributed by atoms with Crippen LogP contribution < -0.4 is 5.32 Å². The van der Waals surface area contributed by atoms with Gasteiger partial charge in [0.1, 0.15) is 11.6 Å². The largest absolute Gasteiger partial charge is 0.349 e. The van der Waals surface area contributed by atoms with Crippen LogP contribution in [0.2, 0.25) is 0 Å². The van der Waals surface area contributed by atoms with Gasteiger partial charge in [0.05, 0.1) is 0 Å². The number of aryl methyl sites for hydroxylation is 1. The van der Waals surface area contributed by atoms with Gasteiger partial charge in [-0.15, -0.1) is 10.2 Å². The summed E-state index contributed by atoms with van der Waals surface area (Å²) in [5.41, 5.74) is 3.95. The minimum absolute atomic E-state index is 0.143. The third kappa shape index (κ3) is 3.17. The molecule has 1 amide bonds. The predicted molar refractivity (Wildman–Crippen MR) is 107 cm³/mol. The highest BCUT2D eigenvalue weighted by Gasteiger charge is 2.26. The maximum atomic E-state index is 14.6. The normalized spacial score (nSPS) is 14.5. The van der Waals surface area contributed by atoms with Crippen LogP contribution in [0.4, 0.5) is 4.39 Å². The summed E-state index contributed by atoms with van der Waals surface area (Å²) in [6.45, 7) is 9.97. The molecule has 0 atom stereocenters. The number of fused-ring (bicyclic) bond motifs is 1. The number of nitrogens with one attached hydrogen (secondary N) is 1. The molecule has 28 heavy (non-hydrogen) atoms. The molecule has 1 fully saturated rings. The minimum atomic E-state index is -0.380. The summed E-state index contributed by atoms with van der Waals surface area (Å²) in [7, 11) is 0. The molecule has 4 rings (SSSR count). The summed E-state index contributed by atoms with van der Waals surface area (Å²) in [5, 5.41) is 11.7. The number of rotatable bonds is 3. The molecule has 1 aliphatic carbocycles. The fourth-order valence-corrected chi connectivity index (χ4v) is 3.47. The highest BCUT2D eigenvalue weighted by atomic mass is 19.1. The first-order valence-corrected chi connectivity index (χ1v) is 9.63. The summed E-state index contributed by atoms with van der Waals surface area (Å²) in [4.78, 5) is 12.4. The Morgan fingerprint density at radius 3 is 2.50 bits per heavy atom. The van der Waals surface area contributed by atoms with E-state index in [0.717, 1.165) is 35.4 Å². The SMILES string of the molecule is Cc1c(F)cc(C(=O)NC2CC2)cc1-c1ccn2c(C(C)(C)C)nnc2c1C. The molecule has 1 N–H and O–H groups in total. The van der Waals surface area contributed by atoms with E-state index in [2.05, 4.69) is 36.3 Å². The molecule has 6 heteroatoms. The van der Waals surface area contributed by atoms with Crippen molar-refractivity contribution < 1.29 is 9.18 Å². The first-order valence-electron chi connectivity index (χ1n) is 9.63. The number of amides is 1. The second kappa shape index (κ2) is 6.40. The van der Waals surface area contributed by atoms with Gasteiger partial charge in [0.2, 0.25) is 0 Å². The van der Waals surface area contributed by atoms with Gasteiger partial charge in [0.15, 0.2) is 5.65 Å². The van der Waals surface area contributed by atoms with E-state index in [-0.39, 0.29) is 23.2 Å². The van der Waals surface area contributed by atoms with Crippen LogP contribution in [0.15, 0.2) is 24.4 Å². The van der Waals surface area contributed by atoms with Gasteiger partial charge in [-0.05, 0) is 61.6 Å². The molecule has 0 aliphatic heterocycles. The number of nitrogens with zero attached hydrogens (tertiary/aromatic N) is 3. The topological polar surface area (TPSA) is 59.3 Å². The van der Waals surface area contributed by atoms with Crippen LogP contribution in [0, 0.1) is 19.7 Å². The second-order valence-electron chi connectivity index (χ2n) is 8.70. The van der Waals surface area contributed by atoms with Gasteiger partial charge in [0, 0.05) is 28.8 Å². The van der Waals surface area contributed by atoms with Crippen molar-refractivity contribution >= 4 is 11.6 Å². The molecular formula is C22H25FN4O. The Kier molecular flexibility index (Phi) is 4.25. The molecule has 5 nitrogen and oxygen atoms in total. The quantitative estimate of drug-likeness (QED) is 0.735. The van der Waals surface area contributed by atoms with Gasteiger partial charge in [-0.3, -0.25) is 9.20 Å². The van der Waals surface area contributed by atoms with Gasteiger partial charge in [-0.25, -0.2) is 4.39 Å². The number of hydrogen-bond acceptors (Lipinski definition) is 3. The van der Waals surface area contributed by atoms with E-state index < -0.39 is 0 Å². The van der Waals surface area contributed by atoms with E-state index in [1.165, 1.54) is 6.07 Å². The lowest BCUT2D eigenvalue weighted by atomic mass is 9.94. The van der Waals surface area contributed by atoms with E-state index in [0.29, 0.717) is 16.7 Å². The van der Waals surface area contributed by atoms with Crippen LogP contribution in [-0.2, 0) is 5.41 Å². The molecule has 3 aromatic rings. The fraction of sp³-hybridized carbons (Fsp3) is 0.409. The molecule has 0 unspecified atom stereocenters. The van der Waals surface area contributed by atoms with Gasteiger partial charge in [0.25, 0.3) is 5.91 Å². The van der Waals surface area contributed by atoms with Crippen molar-refractivity contribution in [3.63, 3.8) is 0 Å². The molecule has 146 valence electrons. The monoisotopic (exact) mass is 380 g/mol. The Bertz CT molecular complexity index is 1090. The third-order valence-corrected chi connectivity index (χ3v) is 5.31. The molecule has 0 bridgehead atoms. The zero-order chi connectivity index (χ0) is 20.2. The van der Waals surface area contributed by atoms with Crippen molar-refractivity contribution in [3.8, 4) is 11.1 Å². The Morgan fingerprint density at radius 2 is 1.86 bits per heavy atom. The molecule has 1 aliphatic rings. The van der Waals surface area contributed by atoms with Gasteiger partial charge >= 0.3 is 0 Å². The maximum absolute atomic E-state index is 14.6. The Hall–Kier alpha value is -2.76. The summed E-state index contributed by atoms with van der Waals surface area (Å²) >= 11 is 0. The number of halogens is 1. The van der Waals surface area contributed by atoms with Gasteiger partial charge < -0.3 is 5.32 Å². The molecule has 0 saturated heterocycles. The van der Waals surface area contributed by atoms with E-state index in [9.17, 15) is 9.18 Å². The van der Waals surface area contributed by atoms with Crippen LogP contribution in [-0.4, -0.2) is 26.5 Å². The first-order chi connectivity index (χ1) is 13.2. The number of carbonyl (C=O) groups excluding carboxylic acids is 1. The van der Waals surface area contributed by atoms with Crippen molar-refractivity contribution in [2.45, 2.75) is 58.9 Å². The smallest absolute Gasteiger partial charge is 0.251 e. The summed E-state index contributed by atoms with van der Waals surface area (Å²) in [6.07, 6.45) is 3.91. The Morgan fingerprint density at radius 1 is 1.14 bits per heavy atom. The lowest BCUT2D eigenvalue weighted by molar-refractivity contribution is 0.0950. The van der Waals surface area contributed by atoms with Crippen LogP contribution in [0.5, 0.6) is 0 Å². The predicted octanol–water partition coefficient (Wildman–Crippen LogP) is 4.34. The van der Waals surface area contributed by atoms with Gasteiger partial charge in [-0.2, -0.15) is 0 Å². The fourth-order valence-electron chi connectivity index (χ4n) is 3.47. The number of aromatic nitrogens is 3. The highest BCUT2D eigenvalue weighted by Crippen LogP contribution is 2.32. The third-order valence-electron chi connectivity index (χ3n) is 5.31. The molecular weight excluding hydrogens is 355 g/mol. The van der Waals surface area contributed by atoms with Crippen LogP contribution >= 0.6 is 0 Å². The average Bonchev–Trinajstić information content (AvgIpc) is 3.31. The number of hydrogen-bond donors (Lipinski definition) is 1. The van der Waals surface area contributed by atoms with Crippen molar-refractivity contribution in [2.75, 3.05) is 0 Å².